The second kappa shape index (κ2) is 16.6. The molecule has 8 aromatic carbocycles. The van der Waals surface area contributed by atoms with Crippen molar-refractivity contribution in [3.8, 4) is 17.2 Å². The van der Waals surface area contributed by atoms with Crippen LogP contribution < -0.4 is 9.47 Å². The maximum atomic E-state index is 9.62. The Hall–Kier alpha value is -7.48. The van der Waals surface area contributed by atoms with E-state index in [1.54, 1.807) is 14.2 Å². The third-order valence-corrected chi connectivity index (χ3v) is 14.3. The summed E-state index contributed by atoms with van der Waals surface area (Å²) in [6.45, 7) is 19.0. The first-order valence-corrected chi connectivity index (χ1v) is 24.4. The highest BCUT2D eigenvalue weighted by Gasteiger charge is 2.27. The van der Waals surface area contributed by atoms with E-state index in [2.05, 4.69) is 167 Å². The fourth-order valence-electron chi connectivity index (χ4n) is 10.5. The summed E-state index contributed by atoms with van der Waals surface area (Å²) in [7, 11) is 3.44. The van der Waals surface area contributed by atoms with Crippen molar-refractivity contribution in [2.45, 2.75) is 80.0 Å². The first kappa shape index (κ1) is 44.7. The van der Waals surface area contributed by atoms with Crippen molar-refractivity contribution in [1.29, 1.82) is 0 Å². The predicted octanol–water partition coefficient (Wildman–Crippen LogP) is 17.9. The molecule has 0 bridgehead atoms. The summed E-state index contributed by atoms with van der Waals surface area (Å²) in [5.41, 5.74) is 13.0. The van der Waals surface area contributed by atoms with E-state index in [1.807, 2.05) is 24.3 Å². The lowest BCUT2D eigenvalue weighted by Crippen LogP contribution is -2.10. The van der Waals surface area contributed by atoms with Gasteiger partial charge in [-0.15, -0.1) is 0 Å². The van der Waals surface area contributed by atoms with E-state index in [4.69, 9.17) is 31.3 Å². The van der Waals surface area contributed by atoms with Gasteiger partial charge < -0.3 is 23.1 Å². The Morgan fingerprint density at radius 1 is 0.549 bits per heavy atom. The number of aromatic nitrogens is 2. The molecule has 0 N–H and O–H groups in total. The average molecular weight is 959 g/mol. The van der Waals surface area contributed by atoms with Crippen LogP contribution in [0.15, 0.2) is 136 Å². The van der Waals surface area contributed by atoms with Gasteiger partial charge in [0, 0.05) is 33.7 Å². The van der Waals surface area contributed by atoms with Crippen LogP contribution in [0.4, 0.5) is 0 Å². The maximum absolute atomic E-state index is 9.62. The summed E-state index contributed by atoms with van der Waals surface area (Å²) in [5, 5.41) is 14.9. The molecule has 13 aromatic rings. The van der Waals surface area contributed by atoms with E-state index in [1.165, 1.54) is 72.4 Å². The highest BCUT2D eigenvalue weighted by molar-refractivity contribution is 6.35. The highest BCUT2D eigenvalue weighted by atomic mass is 35.5. The molecule has 0 saturated carbocycles. The number of ether oxygens (including phenoxy) is 2. The lowest BCUT2D eigenvalue weighted by atomic mass is 9.86. The molecule has 0 atom stereocenters. The summed E-state index contributed by atoms with van der Waals surface area (Å²) in [5.74, 6) is 1.62. The van der Waals surface area contributed by atoms with E-state index < -0.39 is 0 Å². The number of aryl methyl sites for hydroxylation is 2. The van der Waals surface area contributed by atoms with Gasteiger partial charge in [0.15, 0.2) is 0 Å². The lowest BCUT2D eigenvalue weighted by molar-refractivity contribution is -0.115. The second-order valence-electron chi connectivity index (χ2n) is 21.1. The summed E-state index contributed by atoms with van der Waals surface area (Å²) in [6, 6.07) is 45.2. The van der Waals surface area contributed by atoms with Crippen LogP contribution in [-0.2, 0) is 15.6 Å². The molecule has 0 aliphatic rings. The highest BCUT2D eigenvalue weighted by Crippen LogP contribution is 2.48. The molecular formula is C63H57ClN2O5. The number of halogens is 1. The predicted molar refractivity (Wildman–Crippen MR) is 298 cm³/mol. The first-order chi connectivity index (χ1) is 34.4. The standard InChI is InChI=1S/C30H26ClNO2.C30H25NO2.C3H6O/c1-17-6-11-23(31)25(14-17)32-24-12-8-18-7-10-20(33-5)16-21(18)27(24)28-22-15-19(30(2,3)4)9-13-26(22)34-29(28)32;1-16-6-10-20-22-13-17-7-9-19(32-5)15-21(17)26-27-23-14-18(30(2,3)4)8-11-25(23)33-29(27)31(28(22)26)24(20)12-16;1-3(2)4/h6-16H,1-5H3;6-15H,1-5H3;1-2H3/i;;1D. The number of carbonyl (C=O) groups excluding carboxylic acids is 1. The molecule has 0 spiro atoms. The van der Waals surface area contributed by atoms with Gasteiger partial charge in [0.25, 0.3) is 0 Å². The van der Waals surface area contributed by atoms with Gasteiger partial charge in [-0.25, -0.2) is 0 Å². The number of nitrogens with zero attached hydrogens (tertiary/aromatic N) is 2. The molecule has 5 aromatic heterocycles. The first-order valence-electron chi connectivity index (χ1n) is 24.8. The SMILES string of the molecule is COc1ccc2cc3c4ccc(C)cc4n4c5oc6ccc(C(C)(C)C)cc6c5c(c2c1)c34.COc1ccc2ccc3c(c2c1)c1c2cc(C(C)(C)C)ccc2oc1n3-c1cc(C)ccc1Cl.[2H]CC(C)=O. The van der Waals surface area contributed by atoms with Crippen molar-refractivity contribution in [2.24, 2.45) is 0 Å². The monoisotopic (exact) mass is 957 g/mol. The normalized spacial score (nSPS) is 12.5. The minimum Gasteiger partial charge on any atom is -0.497 e. The molecule has 0 aliphatic heterocycles. The average Bonchev–Trinajstić information content (AvgIpc) is 4.15. The third kappa shape index (κ3) is 7.43. The number of methoxy groups -OCH3 is 2. The van der Waals surface area contributed by atoms with Crippen molar-refractivity contribution in [1.82, 2.24) is 8.97 Å². The van der Waals surface area contributed by atoms with Crippen LogP contribution in [0.3, 0.4) is 0 Å². The quantitative estimate of drug-likeness (QED) is 0.176. The third-order valence-electron chi connectivity index (χ3n) is 14.0. The van der Waals surface area contributed by atoms with Gasteiger partial charge in [-0.2, -0.15) is 0 Å². The number of fused-ring (bicyclic) bond motifs is 17. The van der Waals surface area contributed by atoms with Gasteiger partial charge in [-0.1, -0.05) is 102 Å². The molecule has 356 valence electrons. The van der Waals surface area contributed by atoms with Gasteiger partial charge in [-0.3, -0.25) is 8.97 Å². The molecule has 0 saturated heterocycles. The number of carbonyl (C=O) groups is 1. The molecule has 13 rings (SSSR count). The van der Waals surface area contributed by atoms with Gasteiger partial charge in [0.2, 0.25) is 11.4 Å². The topological polar surface area (TPSA) is 71.2 Å². The Morgan fingerprint density at radius 2 is 1.10 bits per heavy atom. The summed E-state index contributed by atoms with van der Waals surface area (Å²) < 4.78 is 35.2. The molecule has 5 heterocycles. The van der Waals surface area contributed by atoms with Crippen LogP contribution in [0, 0.1) is 13.8 Å². The van der Waals surface area contributed by atoms with E-state index in [0.717, 1.165) is 77.8 Å². The van der Waals surface area contributed by atoms with Gasteiger partial charge in [0.05, 0.1) is 52.3 Å². The number of benzene rings is 8. The minimum atomic E-state index is -0.0833. The maximum Gasteiger partial charge on any atom is 0.213 e. The Balaban J connectivity index is 0.000000143. The number of rotatable bonds is 3. The van der Waals surface area contributed by atoms with E-state index in [-0.39, 0.29) is 23.5 Å². The van der Waals surface area contributed by atoms with Crippen molar-refractivity contribution in [2.75, 3.05) is 14.2 Å². The van der Waals surface area contributed by atoms with Crippen LogP contribution >= 0.6 is 11.6 Å². The molecule has 0 fully saturated rings. The molecule has 7 nitrogen and oxygen atoms in total. The zero-order valence-electron chi connectivity index (χ0n) is 43.1. The Labute approximate surface area is 418 Å². The van der Waals surface area contributed by atoms with Crippen LogP contribution in [0.5, 0.6) is 11.5 Å². The number of hydrogen-bond acceptors (Lipinski definition) is 5. The Kier molecular flexibility index (Phi) is 10.4. The molecule has 0 unspecified atom stereocenters. The second-order valence-corrected chi connectivity index (χ2v) is 21.5. The van der Waals surface area contributed by atoms with Crippen molar-refractivity contribution >= 4 is 121 Å². The Bertz CT molecular complexity index is 4320. The van der Waals surface area contributed by atoms with Crippen molar-refractivity contribution in [3.63, 3.8) is 0 Å². The molecule has 0 aliphatic carbocycles. The van der Waals surface area contributed by atoms with Crippen LogP contribution in [-0.4, -0.2) is 29.0 Å². The van der Waals surface area contributed by atoms with Gasteiger partial charge in [-0.05, 0) is 161 Å². The minimum absolute atomic E-state index is 0.0291. The number of hydrogen-bond donors (Lipinski definition) is 0. The molecule has 8 heteroatoms. The largest absolute Gasteiger partial charge is 0.497 e. The van der Waals surface area contributed by atoms with Crippen LogP contribution in [0.25, 0.3) is 109 Å². The molecule has 71 heavy (non-hydrogen) atoms. The fraction of sp³-hybridized carbons (Fsp3) is 0.222. The van der Waals surface area contributed by atoms with Crippen molar-refractivity contribution < 1.29 is 24.5 Å². The Morgan fingerprint density at radius 3 is 1.70 bits per heavy atom. The fourth-order valence-corrected chi connectivity index (χ4v) is 10.7. The smallest absolute Gasteiger partial charge is 0.213 e. The lowest BCUT2D eigenvalue weighted by Gasteiger charge is -2.18. The van der Waals surface area contributed by atoms with Crippen LogP contribution in [0.2, 0.25) is 5.02 Å². The molecule has 0 radical (unpaired) electrons. The van der Waals surface area contributed by atoms with E-state index >= 15 is 0 Å². The zero-order valence-corrected chi connectivity index (χ0v) is 42.9. The van der Waals surface area contributed by atoms with Crippen LogP contribution in [0.1, 0.15) is 79.0 Å². The van der Waals surface area contributed by atoms with E-state index in [0.29, 0.717) is 5.02 Å². The van der Waals surface area contributed by atoms with Gasteiger partial charge >= 0.3 is 0 Å². The number of ketones is 1. The summed E-state index contributed by atoms with van der Waals surface area (Å²) in [6.07, 6.45) is 0. The van der Waals surface area contributed by atoms with E-state index in [9.17, 15) is 4.79 Å². The zero-order chi connectivity index (χ0) is 50.7. The molecular weight excluding hydrogens is 900 g/mol. The summed E-state index contributed by atoms with van der Waals surface area (Å²) in [4.78, 5) is 9.62. The molecule has 0 amide bonds. The number of furan rings is 2. The van der Waals surface area contributed by atoms with Crippen molar-refractivity contribution in [3.05, 3.63) is 155 Å². The van der Waals surface area contributed by atoms with Gasteiger partial charge in [0.1, 0.15) is 28.4 Å². The summed E-state index contributed by atoms with van der Waals surface area (Å²) >= 11 is 6.76. The number of Topliss-reactive ketones (excluding diaryl/α,β-unsaturated/α-hetero) is 1.